The highest BCUT2D eigenvalue weighted by Crippen LogP contribution is 2.49. The highest BCUT2D eigenvalue weighted by Gasteiger charge is 2.32. The summed E-state index contributed by atoms with van der Waals surface area (Å²) < 4.78 is 93.1. The van der Waals surface area contributed by atoms with Crippen LogP contribution >= 0.6 is 0 Å². The minimum atomic E-state index is -2.16. The van der Waals surface area contributed by atoms with Gasteiger partial charge in [0, 0.05) is 123 Å². The lowest BCUT2D eigenvalue weighted by molar-refractivity contribution is -0.660. The van der Waals surface area contributed by atoms with E-state index in [1.807, 2.05) is 120 Å². The molecule has 0 radical (unpaired) electrons. The lowest BCUT2D eigenvalue weighted by atomic mass is 9.83. The maximum Gasteiger partial charge on any atom is 0.227 e. The Balaban J connectivity index is 0.000000111. The van der Waals surface area contributed by atoms with E-state index in [9.17, 15) is 1.37 Å². The van der Waals surface area contributed by atoms with E-state index in [0.717, 1.165) is 234 Å². The van der Waals surface area contributed by atoms with Crippen LogP contribution < -0.4 is 18.3 Å². The molecular formula is C109H106N8O4+4. The molecule has 2 saturated carbocycles. The zero-order valence-corrected chi connectivity index (χ0v) is 71.9. The largest absolute Gasteiger partial charge is 0.437 e. The Labute approximate surface area is 716 Å². The molecule has 12 nitrogen and oxygen atoms in total. The van der Waals surface area contributed by atoms with Crippen LogP contribution in [0.3, 0.4) is 0 Å². The third-order valence-corrected chi connectivity index (χ3v) is 25.5. The maximum atomic E-state index is 9.21. The first-order valence-corrected chi connectivity index (χ1v) is 42.7. The van der Waals surface area contributed by atoms with Gasteiger partial charge in [0.05, 0.1) is 22.3 Å². The number of benzene rings is 8. The number of pyridine rings is 8. The fourth-order valence-corrected chi connectivity index (χ4v) is 19.3. The van der Waals surface area contributed by atoms with Gasteiger partial charge >= 0.3 is 0 Å². The standard InChI is InChI=1S/C29H29N2O.C28H27N2O.C27H27N2O.C25H23N2O/c1-18-13-14-24-27-23-12-8-7-11-22(23)19(2)26(28(27)32-29(24)30-18)25-17-21(15-16-31(25)3)20-9-5-4-6-10-20;1-17-12-13-23-26-22-11-7-6-10-21(22)18(2)25(27(26)31-28(23)29-17)24-16-20(14-15-30(24)3)19-8-4-5-9-19;1-16(2)14-19-12-13-29(5)23(15-19)24-18(4)20-8-6-7-9-21(20)25-22-11-10-17(3)28-27(22)30-26(24)25;1-14-12-21(27(5)13-15(14)2)22-17(4)18-8-6-7-9-19(18)23-20-11-10-16(3)26-25(20)28-24(22)23/h7-8,11-17,20H,4-6,9-10H2,1-3H3;6-7,10-16,19H,4-5,8-9H2,1-3H3;6-13,15-16H,14H2,1-5H3;6-13H,1-5H3/q4*+1/i20D;19D;14D2;2D3. The van der Waals surface area contributed by atoms with E-state index in [0.29, 0.717) is 34.0 Å². The zero-order chi connectivity index (χ0) is 89.6. The number of aryl methyl sites for hydroxylation is 14. The third kappa shape index (κ3) is 13.8. The summed E-state index contributed by atoms with van der Waals surface area (Å²) >= 11 is 0. The fraction of sp³-hybridized carbons (Fsp3) is 0.266. The highest BCUT2D eigenvalue weighted by molar-refractivity contribution is 6.26. The van der Waals surface area contributed by atoms with Crippen molar-refractivity contribution in [2.45, 2.75) is 159 Å². The van der Waals surface area contributed by atoms with Gasteiger partial charge in [-0.25, -0.2) is 38.2 Å². The first-order chi connectivity index (χ1) is 61.3. The molecule has 0 saturated heterocycles. The molecule has 12 aromatic heterocycles. The quantitative estimate of drug-likeness (QED) is 0.138. The predicted molar refractivity (Wildman–Crippen MR) is 495 cm³/mol. The minimum Gasteiger partial charge on any atom is -0.437 e. The monoisotopic (exact) mass is 1600 g/mol. The number of furan rings is 4. The Morgan fingerprint density at radius 2 is 0.645 bits per heavy atom. The summed E-state index contributed by atoms with van der Waals surface area (Å²) in [6, 6.07) is 64.9. The number of rotatable bonds is 8. The van der Waals surface area contributed by atoms with Gasteiger partial charge in [-0.2, -0.15) is 0 Å². The zero-order valence-electron chi connectivity index (χ0n) is 78.9. The van der Waals surface area contributed by atoms with Gasteiger partial charge in [-0.15, -0.1) is 0 Å². The molecule has 0 spiro atoms. The number of hydrogen-bond donors (Lipinski definition) is 0. The van der Waals surface area contributed by atoms with E-state index in [1.54, 1.807) is 6.20 Å². The van der Waals surface area contributed by atoms with Crippen molar-refractivity contribution >= 4 is 131 Å². The maximum absolute atomic E-state index is 9.21. The Morgan fingerprint density at radius 3 is 0.967 bits per heavy atom. The van der Waals surface area contributed by atoms with Crippen molar-refractivity contribution in [3.05, 3.63) is 286 Å². The molecule has 22 rings (SSSR count). The molecule has 0 aliphatic heterocycles. The van der Waals surface area contributed by atoms with Crippen LogP contribution in [0.2, 0.25) is 0 Å². The Morgan fingerprint density at radius 1 is 0.347 bits per heavy atom. The molecular weight excluding hydrogens is 1490 g/mol. The van der Waals surface area contributed by atoms with Gasteiger partial charge in [-0.3, -0.25) is 0 Å². The number of hydrogen-bond acceptors (Lipinski definition) is 8. The first kappa shape index (κ1) is 70.1. The van der Waals surface area contributed by atoms with Crippen molar-refractivity contribution in [3.8, 4) is 45.0 Å². The second-order valence-corrected chi connectivity index (χ2v) is 34.0. The minimum absolute atomic E-state index is 0.140. The lowest BCUT2D eigenvalue weighted by Crippen LogP contribution is -2.31. The SMILES string of the molecule is [2H]C([2H])([2H])c1c[n+](C)c(-c2c(C)c3ccccc3c3c2oc2nc(C)ccc23)cc1C.[2H]C([2H])(c1cc[n+](C)c(-c2c(C)c3ccccc3c3c2oc2nc(C)ccc23)c1)C(C)C.[2H]C1(c2cc[n+](C)c(-c3c(C)c4ccccc4c4c3oc3nc(C)ccc34)c2)CCCC1.[2H]C1(c2cc[n+](C)c(-c3c(C)c4ccccc4c4c3oc3nc(C)ccc34)c2)CCCCC1. The van der Waals surface area contributed by atoms with Gasteiger partial charge in [0.2, 0.25) is 45.6 Å². The number of aromatic nitrogens is 8. The Bertz CT molecular complexity index is 7740. The van der Waals surface area contributed by atoms with Gasteiger partial charge in [-0.05, 0) is 255 Å². The topological polar surface area (TPSA) is 120 Å². The molecule has 2 aliphatic rings. The number of nitrogens with zero attached hydrogens (tertiary/aromatic N) is 8. The average molecular weight is 1600 g/mol. The summed E-state index contributed by atoms with van der Waals surface area (Å²) in [6.07, 6.45) is 15.9. The molecule has 12 heterocycles. The summed E-state index contributed by atoms with van der Waals surface area (Å²) in [4.78, 5) is 18.7. The predicted octanol–water partition coefficient (Wildman–Crippen LogP) is 26.5. The molecule has 20 aromatic rings. The van der Waals surface area contributed by atoms with E-state index >= 15 is 0 Å². The molecule has 12 heteroatoms. The summed E-state index contributed by atoms with van der Waals surface area (Å²) in [5.74, 6) is -1.13. The van der Waals surface area contributed by atoms with Gasteiger partial charge in [0.1, 0.15) is 28.2 Å². The summed E-state index contributed by atoms with van der Waals surface area (Å²) in [5.41, 5.74) is 26.4. The van der Waals surface area contributed by atoms with Crippen LogP contribution in [0.1, 0.15) is 166 Å². The van der Waals surface area contributed by atoms with E-state index in [-0.39, 0.29) is 5.92 Å². The lowest BCUT2D eigenvalue weighted by Gasteiger charge is -2.22. The Kier molecular flexibility index (Phi) is 18.2. The second kappa shape index (κ2) is 31.4. The van der Waals surface area contributed by atoms with Crippen LogP contribution in [0.4, 0.5) is 0 Å². The van der Waals surface area contributed by atoms with Gasteiger partial charge in [0.15, 0.2) is 47.1 Å². The van der Waals surface area contributed by atoms with Crippen LogP contribution in [0.5, 0.6) is 0 Å². The number of fused-ring (bicyclic) bond motifs is 20. The molecule has 602 valence electrons. The van der Waals surface area contributed by atoms with E-state index in [2.05, 4.69) is 219 Å². The molecule has 0 bridgehead atoms. The van der Waals surface area contributed by atoms with Crippen molar-refractivity contribution in [2.75, 3.05) is 0 Å². The van der Waals surface area contributed by atoms with Crippen molar-refractivity contribution in [1.29, 1.82) is 0 Å². The van der Waals surface area contributed by atoms with Crippen molar-refractivity contribution < 1.29 is 45.5 Å². The van der Waals surface area contributed by atoms with E-state index in [4.69, 9.17) is 35.9 Å². The molecule has 121 heavy (non-hydrogen) atoms. The summed E-state index contributed by atoms with van der Waals surface area (Å²) in [7, 11) is 8.04. The third-order valence-electron chi connectivity index (χ3n) is 25.5. The summed E-state index contributed by atoms with van der Waals surface area (Å²) in [5, 5.41) is 17.8. The summed E-state index contributed by atoms with van der Waals surface area (Å²) in [6.45, 7) is 20.0. The van der Waals surface area contributed by atoms with Crippen LogP contribution in [-0.4, -0.2) is 19.9 Å². The van der Waals surface area contributed by atoms with Crippen molar-refractivity contribution in [2.24, 2.45) is 34.1 Å². The molecule has 8 aromatic carbocycles. The van der Waals surface area contributed by atoms with E-state index in [1.165, 1.54) is 39.1 Å². The average Bonchev–Trinajstić information content (AvgIpc) is 1.54. The van der Waals surface area contributed by atoms with E-state index < -0.39 is 25.0 Å². The molecule has 0 atom stereocenters. The van der Waals surface area contributed by atoms with Crippen LogP contribution in [0.25, 0.3) is 176 Å². The first-order valence-electron chi connectivity index (χ1n) is 46.2. The highest BCUT2D eigenvalue weighted by atomic mass is 16.4. The Hall–Kier alpha value is -12.8. The molecule has 2 fully saturated rings. The van der Waals surface area contributed by atoms with Crippen LogP contribution in [0, 0.1) is 75.1 Å². The molecule has 0 N–H and O–H groups in total. The van der Waals surface area contributed by atoms with Crippen molar-refractivity contribution in [1.82, 2.24) is 19.9 Å². The van der Waals surface area contributed by atoms with Gasteiger partial charge in [-0.1, -0.05) is 143 Å². The van der Waals surface area contributed by atoms with Crippen LogP contribution in [0.15, 0.2) is 231 Å². The second-order valence-electron chi connectivity index (χ2n) is 34.0. The fourth-order valence-electron chi connectivity index (χ4n) is 19.3. The smallest absolute Gasteiger partial charge is 0.227 e. The molecule has 0 unspecified atom stereocenters. The molecule has 2 aliphatic carbocycles. The van der Waals surface area contributed by atoms with Crippen LogP contribution in [-0.2, 0) is 34.6 Å². The van der Waals surface area contributed by atoms with Gasteiger partial charge < -0.3 is 17.7 Å². The van der Waals surface area contributed by atoms with Gasteiger partial charge in [0.25, 0.3) is 0 Å². The normalized spacial score (nSPS) is 15.1. The van der Waals surface area contributed by atoms with Crippen molar-refractivity contribution in [3.63, 3.8) is 0 Å². The molecule has 0 amide bonds.